The largest absolute Gasteiger partial charge is 0.457 e. The number of fused-ring (bicyclic) bond motifs is 2. The summed E-state index contributed by atoms with van der Waals surface area (Å²) in [6.45, 7) is -0.294. The zero-order valence-corrected chi connectivity index (χ0v) is 15.2. The van der Waals surface area contributed by atoms with E-state index in [-0.39, 0.29) is 24.7 Å². The van der Waals surface area contributed by atoms with Crippen molar-refractivity contribution in [1.29, 1.82) is 0 Å². The van der Waals surface area contributed by atoms with Crippen molar-refractivity contribution in [1.82, 2.24) is 0 Å². The molecule has 28 heavy (non-hydrogen) atoms. The predicted molar refractivity (Wildman–Crippen MR) is 106 cm³/mol. The van der Waals surface area contributed by atoms with Crippen LogP contribution in [0.5, 0.6) is 0 Å². The third kappa shape index (κ3) is 3.93. The maximum Gasteiger partial charge on any atom is 0.310 e. The highest BCUT2D eigenvalue weighted by Crippen LogP contribution is 2.24. The molecule has 1 N–H and O–H groups in total. The lowest BCUT2D eigenvalue weighted by Crippen LogP contribution is -2.20. The minimum absolute atomic E-state index is 0.0193. The minimum Gasteiger partial charge on any atom is -0.457 e. The van der Waals surface area contributed by atoms with E-state index in [0.29, 0.717) is 18.4 Å². The molecule has 1 heterocycles. The van der Waals surface area contributed by atoms with Gasteiger partial charge in [0.25, 0.3) is 0 Å². The second-order valence-corrected chi connectivity index (χ2v) is 6.86. The van der Waals surface area contributed by atoms with Gasteiger partial charge in [0.15, 0.2) is 12.4 Å². The smallest absolute Gasteiger partial charge is 0.310 e. The van der Waals surface area contributed by atoms with E-state index in [9.17, 15) is 14.4 Å². The quantitative estimate of drug-likeness (QED) is 0.547. The zero-order valence-electron chi connectivity index (χ0n) is 15.2. The Kier molecular flexibility index (Phi) is 4.89. The first-order valence-corrected chi connectivity index (χ1v) is 9.18. The summed E-state index contributed by atoms with van der Waals surface area (Å²) in [5.41, 5.74) is 2.99. The van der Waals surface area contributed by atoms with Crippen molar-refractivity contribution in [2.24, 2.45) is 0 Å². The fourth-order valence-corrected chi connectivity index (χ4v) is 3.35. The van der Waals surface area contributed by atoms with Gasteiger partial charge in [0.1, 0.15) is 0 Å². The van der Waals surface area contributed by atoms with Gasteiger partial charge < -0.3 is 10.1 Å². The molecule has 0 spiro atoms. The Hall–Kier alpha value is -3.47. The van der Waals surface area contributed by atoms with Gasteiger partial charge in [-0.3, -0.25) is 14.4 Å². The van der Waals surface area contributed by atoms with E-state index in [0.717, 1.165) is 27.6 Å². The van der Waals surface area contributed by atoms with Gasteiger partial charge in [-0.2, -0.15) is 0 Å². The summed E-state index contributed by atoms with van der Waals surface area (Å²) in [7, 11) is 0. The molecule has 0 fully saturated rings. The number of rotatable bonds is 5. The number of aryl methyl sites for hydroxylation is 1. The number of carbonyl (C=O) groups excluding carboxylic acids is 3. The molecule has 5 nitrogen and oxygen atoms in total. The third-order valence-electron chi connectivity index (χ3n) is 4.85. The molecular weight excluding hydrogens is 354 g/mol. The molecular formula is C23H19NO4. The Balaban J connectivity index is 1.36. The maximum absolute atomic E-state index is 12.4. The van der Waals surface area contributed by atoms with Gasteiger partial charge in [0.2, 0.25) is 5.91 Å². The van der Waals surface area contributed by atoms with Crippen LogP contribution in [0.15, 0.2) is 60.7 Å². The fraction of sp³-hybridized carbons (Fsp3) is 0.174. The number of ether oxygens (including phenoxy) is 1. The molecule has 1 aliphatic heterocycles. The molecule has 5 heteroatoms. The number of amides is 1. The Morgan fingerprint density at radius 1 is 0.929 bits per heavy atom. The molecule has 0 bridgehead atoms. The van der Waals surface area contributed by atoms with E-state index in [1.54, 1.807) is 18.2 Å². The van der Waals surface area contributed by atoms with Gasteiger partial charge >= 0.3 is 5.97 Å². The van der Waals surface area contributed by atoms with E-state index in [2.05, 4.69) is 5.32 Å². The number of ketones is 1. The van der Waals surface area contributed by atoms with Crippen LogP contribution in [0.4, 0.5) is 5.69 Å². The van der Waals surface area contributed by atoms with Crippen LogP contribution in [-0.4, -0.2) is 24.3 Å². The molecule has 0 saturated carbocycles. The molecule has 0 aliphatic carbocycles. The molecule has 4 rings (SSSR count). The maximum atomic E-state index is 12.4. The van der Waals surface area contributed by atoms with Crippen LogP contribution in [0.3, 0.4) is 0 Å². The summed E-state index contributed by atoms with van der Waals surface area (Å²) >= 11 is 0. The van der Waals surface area contributed by atoms with Gasteiger partial charge in [-0.05, 0) is 46.5 Å². The first-order valence-electron chi connectivity index (χ1n) is 9.18. The van der Waals surface area contributed by atoms with Crippen molar-refractivity contribution < 1.29 is 19.1 Å². The lowest BCUT2D eigenvalue weighted by molar-refractivity contribution is -0.141. The molecule has 0 aromatic heterocycles. The second-order valence-electron chi connectivity index (χ2n) is 6.86. The van der Waals surface area contributed by atoms with Crippen molar-refractivity contribution >= 4 is 34.1 Å². The van der Waals surface area contributed by atoms with Gasteiger partial charge in [-0.25, -0.2) is 0 Å². The number of esters is 1. The van der Waals surface area contributed by atoms with Crippen LogP contribution in [0.2, 0.25) is 0 Å². The van der Waals surface area contributed by atoms with Crippen LogP contribution < -0.4 is 5.32 Å². The number of benzene rings is 3. The molecule has 0 unspecified atom stereocenters. The topological polar surface area (TPSA) is 72.5 Å². The number of carbonyl (C=O) groups is 3. The number of hydrogen-bond acceptors (Lipinski definition) is 4. The van der Waals surface area contributed by atoms with Crippen LogP contribution in [0.1, 0.15) is 27.9 Å². The van der Waals surface area contributed by atoms with Gasteiger partial charge in [0, 0.05) is 17.7 Å². The standard InChI is InChI=1S/C23H19NO4/c25-21(19-7-9-20-18(13-19)8-10-22(26)24-20)14-28-23(27)12-15-5-6-16-3-1-2-4-17(16)11-15/h1-7,9,11,13H,8,10,12,14H2,(H,24,26). The summed E-state index contributed by atoms with van der Waals surface area (Å²) in [4.78, 5) is 35.9. The SMILES string of the molecule is O=C1CCc2cc(C(=O)COC(=O)Cc3ccc4ccccc4c3)ccc2N1. The molecule has 140 valence electrons. The van der Waals surface area contributed by atoms with E-state index in [1.807, 2.05) is 42.5 Å². The van der Waals surface area contributed by atoms with Crippen molar-refractivity contribution in [3.63, 3.8) is 0 Å². The monoisotopic (exact) mass is 373 g/mol. The Bertz CT molecular complexity index is 1090. The number of anilines is 1. The summed E-state index contributed by atoms with van der Waals surface area (Å²) < 4.78 is 5.18. The Labute approximate surface area is 162 Å². The highest BCUT2D eigenvalue weighted by Gasteiger charge is 2.17. The van der Waals surface area contributed by atoms with Crippen molar-refractivity contribution in [2.75, 3.05) is 11.9 Å². The normalized spacial score (nSPS) is 12.9. The van der Waals surface area contributed by atoms with E-state index >= 15 is 0 Å². The molecule has 0 radical (unpaired) electrons. The molecule has 0 saturated heterocycles. The molecule has 1 amide bonds. The number of Topliss-reactive ketones (excluding diaryl/α,β-unsaturated/α-hetero) is 1. The molecule has 3 aromatic carbocycles. The van der Waals surface area contributed by atoms with Gasteiger partial charge in [0.05, 0.1) is 6.42 Å². The Morgan fingerprint density at radius 2 is 1.75 bits per heavy atom. The van der Waals surface area contributed by atoms with Crippen LogP contribution in [0, 0.1) is 0 Å². The molecule has 1 aliphatic rings. The minimum atomic E-state index is -0.436. The highest BCUT2D eigenvalue weighted by molar-refractivity contribution is 6.00. The average molecular weight is 373 g/mol. The number of hydrogen-bond donors (Lipinski definition) is 1. The molecule has 0 atom stereocenters. The van der Waals surface area contributed by atoms with Crippen molar-refractivity contribution in [3.05, 3.63) is 77.4 Å². The van der Waals surface area contributed by atoms with Crippen molar-refractivity contribution in [3.8, 4) is 0 Å². The number of nitrogens with one attached hydrogen (secondary N) is 1. The first-order chi connectivity index (χ1) is 13.6. The zero-order chi connectivity index (χ0) is 19.5. The summed E-state index contributed by atoms with van der Waals surface area (Å²) in [5, 5.41) is 4.95. The predicted octanol–water partition coefficient (Wildman–Crippen LogP) is 3.69. The summed E-state index contributed by atoms with van der Waals surface area (Å²) in [6.07, 6.45) is 1.13. The second kappa shape index (κ2) is 7.64. The summed E-state index contributed by atoms with van der Waals surface area (Å²) in [6, 6.07) is 18.9. The van der Waals surface area contributed by atoms with E-state index in [1.165, 1.54) is 0 Å². The first kappa shape index (κ1) is 17.9. The average Bonchev–Trinajstić information content (AvgIpc) is 2.71. The van der Waals surface area contributed by atoms with Gasteiger partial charge in [-0.1, -0.05) is 42.5 Å². The lowest BCUT2D eigenvalue weighted by atomic mass is 9.99. The van der Waals surface area contributed by atoms with E-state index in [4.69, 9.17) is 4.74 Å². The van der Waals surface area contributed by atoms with Crippen molar-refractivity contribution in [2.45, 2.75) is 19.3 Å². The van der Waals surface area contributed by atoms with Crippen LogP contribution in [-0.2, 0) is 27.2 Å². The lowest BCUT2D eigenvalue weighted by Gasteiger charge is -2.17. The van der Waals surface area contributed by atoms with Gasteiger partial charge in [-0.15, -0.1) is 0 Å². The highest BCUT2D eigenvalue weighted by atomic mass is 16.5. The fourth-order valence-electron chi connectivity index (χ4n) is 3.35. The van der Waals surface area contributed by atoms with Crippen LogP contribution in [0.25, 0.3) is 10.8 Å². The third-order valence-corrected chi connectivity index (χ3v) is 4.85. The Morgan fingerprint density at radius 3 is 2.61 bits per heavy atom. The van der Waals surface area contributed by atoms with E-state index < -0.39 is 5.97 Å². The molecule has 3 aromatic rings. The summed E-state index contributed by atoms with van der Waals surface area (Å²) in [5.74, 6) is -0.713. The van der Waals surface area contributed by atoms with Crippen LogP contribution >= 0.6 is 0 Å².